The number of carboxylic acids is 1. The van der Waals surface area contributed by atoms with E-state index in [-0.39, 0.29) is 11.1 Å². The normalized spacial score (nSPS) is 10.6. The van der Waals surface area contributed by atoms with Crippen molar-refractivity contribution in [3.63, 3.8) is 0 Å². The van der Waals surface area contributed by atoms with Crippen LogP contribution in [0.5, 0.6) is 0 Å². The van der Waals surface area contributed by atoms with Gasteiger partial charge in [0, 0.05) is 11.9 Å². The zero-order valence-electron chi connectivity index (χ0n) is 8.87. The van der Waals surface area contributed by atoms with Crippen LogP contribution in [-0.2, 0) is 0 Å². The molecule has 0 saturated heterocycles. The molecule has 0 radical (unpaired) electrons. The van der Waals surface area contributed by atoms with Gasteiger partial charge in [-0.3, -0.25) is 4.79 Å². The van der Waals surface area contributed by atoms with Crippen LogP contribution in [0.15, 0.2) is 17.1 Å². The first kappa shape index (κ1) is 10.4. The molecule has 0 aliphatic carbocycles. The molecule has 2 heterocycles. The van der Waals surface area contributed by atoms with E-state index in [9.17, 15) is 9.59 Å². The number of carboxylic acid groups (broad SMARTS) is 1. The molecule has 0 fully saturated rings. The van der Waals surface area contributed by atoms with Crippen molar-refractivity contribution in [3.8, 4) is 0 Å². The van der Waals surface area contributed by atoms with Gasteiger partial charge in [0.1, 0.15) is 11.1 Å². The standard InChI is InChI=1S/C11H10N2O3/c1-5-3-6(2)13-9-8(5)12-4-7(10(9)14)11(15)16/h3-4H,1-2H3,(H,12,14)(H,15,16). The Hall–Kier alpha value is -2.17. The first-order chi connectivity index (χ1) is 7.50. The Kier molecular flexibility index (Phi) is 2.23. The average molecular weight is 218 g/mol. The number of aryl methyl sites for hydroxylation is 2. The highest BCUT2D eigenvalue weighted by Gasteiger charge is 2.13. The number of rotatable bonds is 1. The topological polar surface area (TPSA) is 83.0 Å². The summed E-state index contributed by atoms with van der Waals surface area (Å²) in [6.45, 7) is 3.60. The smallest absolute Gasteiger partial charge is 0.341 e. The summed E-state index contributed by atoms with van der Waals surface area (Å²) in [7, 11) is 0. The molecule has 0 aliphatic rings. The summed E-state index contributed by atoms with van der Waals surface area (Å²) < 4.78 is 0. The summed E-state index contributed by atoms with van der Waals surface area (Å²) in [6.07, 6.45) is 1.21. The summed E-state index contributed by atoms with van der Waals surface area (Å²) in [5, 5.41) is 8.82. The van der Waals surface area contributed by atoms with E-state index in [0.717, 1.165) is 5.56 Å². The van der Waals surface area contributed by atoms with Crippen LogP contribution in [-0.4, -0.2) is 21.0 Å². The maximum atomic E-state index is 11.8. The molecule has 0 bridgehead atoms. The number of H-pyrrole nitrogens is 1. The van der Waals surface area contributed by atoms with Crippen LogP contribution in [0.25, 0.3) is 11.0 Å². The van der Waals surface area contributed by atoms with Crippen LogP contribution in [0.2, 0.25) is 0 Å². The van der Waals surface area contributed by atoms with Crippen LogP contribution in [0.3, 0.4) is 0 Å². The second-order valence-corrected chi connectivity index (χ2v) is 3.64. The van der Waals surface area contributed by atoms with Crippen molar-refractivity contribution in [1.29, 1.82) is 0 Å². The van der Waals surface area contributed by atoms with Gasteiger partial charge < -0.3 is 10.1 Å². The van der Waals surface area contributed by atoms with Crippen molar-refractivity contribution in [1.82, 2.24) is 9.97 Å². The van der Waals surface area contributed by atoms with Crippen molar-refractivity contribution in [2.45, 2.75) is 13.8 Å². The highest BCUT2D eigenvalue weighted by molar-refractivity contribution is 5.91. The van der Waals surface area contributed by atoms with E-state index >= 15 is 0 Å². The van der Waals surface area contributed by atoms with Crippen molar-refractivity contribution < 1.29 is 9.90 Å². The molecule has 16 heavy (non-hydrogen) atoms. The number of nitrogens with zero attached hydrogens (tertiary/aromatic N) is 1. The lowest BCUT2D eigenvalue weighted by atomic mass is 10.1. The van der Waals surface area contributed by atoms with Crippen LogP contribution in [0, 0.1) is 13.8 Å². The van der Waals surface area contributed by atoms with Gasteiger partial charge in [-0.1, -0.05) is 0 Å². The fourth-order valence-corrected chi connectivity index (χ4v) is 1.68. The number of hydrogen-bond acceptors (Lipinski definition) is 3. The molecule has 2 rings (SSSR count). The van der Waals surface area contributed by atoms with E-state index in [1.807, 2.05) is 13.0 Å². The Morgan fingerprint density at radius 1 is 1.44 bits per heavy atom. The monoisotopic (exact) mass is 218 g/mol. The van der Waals surface area contributed by atoms with Gasteiger partial charge in [0.15, 0.2) is 0 Å². The summed E-state index contributed by atoms with van der Waals surface area (Å²) >= 11 is 0. The van der Waals surface area contributed by atoms with Crippen LogP contribution in [0.4, 0.5) is 0 Å². The maximum Gasteiger partial charge on any atom is 0.341 e. The molecule has 0 aromatic carbocycles. The van der Waals surface area contributed by atoms with E-state index in [0.29, 0.717) is 11.2 Å². The molecule has 5 heteroatoms. The average Bonchev–Trinajstić information content (AvgIpc) is 2.19. The fraction of sp³-hybridized carbons (Fsp3) is 0.182. The largest absolute Gasteiger partial charge is 0.477 e. The number of fused-ring (bicyclic) bond motifs is 1. The second-order valence-electron chi connectivity index (χ2n) is 3.64. The fourth-order valence-electron chi connectivity index (χ4n) is 1.68. The Morgan fingerprint density at radius 3 is 2.75 bits per heavy atom. The predicted octanol–water partition coefficient (Wildman–Crippen LogP) is 1.24. The third-order valence-corrected chi connectivity index (χ3v) is 2.40. The van der Waals surface area contributed by atoms with E-state index in [1.54, 1.807) is 6.92 Å². The second kappa shape index (κ2) is 3.44. The Morgan fingerprint density at radius 2 is 2.12 bits per heavy atom. The van der Waals surface area contributed by atoms with Gasteiger partial charge in [0.05, 0.1) is 5.52 Å². The van der Waals surface area contributed by atoms with E-state index in [1.165, 1.54) is 6.20 Å². The molecule has 0 unspecified atom stereocenters. The summed E-state index contributed by atoms with van der Waals surface area (Å²) in [5.41, 5.74) is 1.49. The molecule has 2 N–H and O–H groups in total. The Balaban J connectivity index is 2.95. The van der Waals surface area contributed by atoms with Crippen LogP contribution < -0.4 is 5.43 Å². The molecule has 0 amide bonds. The van der Waals surface area contributed by atoms with E-state index < -0.39 is 11.4 Å². The molecular weight excluding hydrogens is 208 g/mol. The highest BCUT2D eigenvalue weighted by atomic mass is 16.4. The van der Waals surface area contributed by atoms with Gasteiger partial charge >= 0.3 is 5.97 Å². The number of aromatic carboxylic acids is 1. The number of hydrogen-bond donors (Lipinski definition) is 2. The summed E-state index contributed by atoms with van der Waals surface area (Å²) in [6, 6.07) is 1.83. The minimum atomic E-state index is -1.25. The SMILES string of the molecule is Cc1cc(C)c2[nH]cc(C(=O)O)c(=O)c2n1. The molecule has 2 aromatic rings. The zero-order valence-corrected chi connectivity index (χ0v) is 8.87. The van der Waals surface area contributed by atoms with Crippen LogP contribution >= 0.6 is 0 Å². The van der Waals surface area contributed by atoms with Crippen molar-refractivity contribution in [2.24, 2.45) is 0 Å². The zero-order chi connectivity index (χ0) is 11.9. The van der Waals surface area contributed by atoms with Gasteiger partial charge in [-0.25, -0.2) is 9.78 Å². The lowest BCUT2D eigenvalue weighted by Crippen LogP contribution is -2.17. The minimum Gasteiger partial charge on any atom is -0.477 e. The molecule has 0 saturated carbocycles. The highest BCUT2D eigenvalue weighted by Crippen LogP contribution is 2.12. The third kappa shape index (κ3) is 1.46. The minimum absolute atomic E-state index is 0.178. The summed E-state index contributed by atoms with van der Waals surface area (Å²) in [5.74, 6) is -1.25. The first-order valence-electron chi connectivity index (χ1n) is 4.73. The van der Waals surface area contributed by atoms with Crippen molar-refractivity contribution in [2.75, 3.05) is 0 Å². The van der Waals surface area contributed by atoms with E-state index in [2.05, 4.69) is 9.97 Å². The molecular formula is C11H10N2O3. The lowest BCUT2D eigenvalue weighted by molar-refractivity contribution is 0.0695. The Bertz CT molecular complexity index is 643. The van der Waals surface area contributed by atoms with Crippen LogP contribution in [0.1, 0.15) is 21.6 Å². The Labute approximate surface area is 90.8 Å². The quantitative estimate of drug-likeness (QED) is 0.754. The van der Waals surface area contributed by atoms with E-state index in [4.69, 9.17) is 5.11 Å². The number of aromatic amines is 1. The molecule has 2 aromatic heterocycles. The molecule has 82 valence electrons. The summed E-state index contributed by atoms with van der Waals surface area (Å²) in [4.78, 5) is 29.5. The number of carbonyl (C=O) groups is 1. The number of pyridine rings is 2. The molecule has 0 atom stereocenters. The van der Waals surface area contributed by atoms with Gasteiger partial charge in [0.2, 0.25) is 5.43 Å². The first-order valence-corrected chi connectivity index (χ1v) is 4.73. The molecule has 0 aliphatic heterocycles. The number of aromatic nitrogens is 2. The maximum absolute atomic E-state index is 11.8. The predicted molar refractivity (Wildman–Crippen MR) is 58.8 cm³/mol. The number of nitrogens with one attached hydrogen (secondary N) is 1. The van der Waals surface area contributed by atoms with Crippen molar-refractivity contribution in [3.05, 3.63) is 39.3 Å². The van der Waals surface area contributed by atoms with Crippen molar-refractivity contribution >= 4 is 17.0 Å². The van der Waals surface area contributed by atoms with Gasteiger partial charge in [-0.2, -0.15) is 0 Å². The van der Waals surface area contributed by atoms with Gasteiger partial charge in [0.25, 0.3) is 0 Å². The third-order valence-electron chi connectivity index (χ3n) is 2.40. The van der Waals surface area contributed by atoms with Gasteiger partial charge in [-0.15, -0.1) is 0 Å². The molecule has 5 nitrogen and oxygen atoms in total. The molecule has 0 spiro atoms. The van der Waals surface area contributed by atoms with Gasteiger partial charge in [-0.05, 0) is 25.5 Å². The lowest BCUT2D eigenvalue weighted by Gasteiger charge is -2.03.